The van der Waals surface area contributed by atoms with Crippen molar-refractivity contribution in [2.45, 2.75) is 44.2 Å². The Bertz CT molecular complexity index is 1120. The number of rotatable bonds is 4. The minimum absolute atomic E-state index is 0.0269. The third kappa shape index (κ3) is 3.05. The van der Waals surface area contributed by atoms with Crippen molar-refractivity contribution in [2.24, 2.45) is 0 Å². The summed E-state index contributed by atoms with van der Waals surface area (Å²) in [6.45, 7) is 5.12. The quantitative estimate of drug-likeness (QED) is 0.627. The van der Waals surface area contributed by atoms with Crippen molar-refractivity contribution < 1.29 is 9.18 Å². The van der Waals surface area contributed by atoms with Gasteiger partial charge >= 0.3 is 0 Å². The predicted octanol–water partition coefficient (Wildman–Crippen LogP) is 3.95. The number of fused-ring (bicyclic) bond motifs is 2. The second kappa shape index (κ2) is 6.27. The first kappa shape index (κ1) is 18.1. The van der Waals surface area contributed by atoms with Crippen molar-refractivity contribution in [3.63, 3.8) is 0 Å². The molecular formula is C22H24FN5O. The minimum Gasteiger partial charge on any atom is -0.351 e. The number of amides is 1. The van der Waals surface area contributed by atoms with Gasteiger partial charge in [-0.2, -0.15) is 4.98 Å². The van der Waals surface area contributed by atoms with Gasteiger partial charge in [-0.05, 0) is 42.5 Å². The molecule has 0 spiro atoms. The fourth-order valence-electron chi connectivity index (χ4n) is 4.17. The Hall–Kier alpha value is -2.96. The predicted molar refractivity (Wildman–Crippen MR) is 111 cm³/mol. The lowest BCUT2D eigenvalue weighted by Gasteiger charge is -2.33. The molecule has 1 aliphatic heterocycles. The molecule has 0 atom stereocenters. The fraction of sp³-hybridized carbons (Fsp3) is 0.409. The Kier molecular flexibility index (Phi) is 3.91. The molecule has 150 valence electrons. The van der Waals surface area contributed by atoms with Crippen LogP contribution in [0.4, 0.5) is 10.3 Å². The fourth-order valence-corrected chi connectivity index (χ4v) is 4.17. The standard InChI is InChI=1S/C22H24FN5O/c1-21(2)11-26-19(29)14-5-4-13(8-17(14)21)15-9-24-18-16(15)10-25-20(28-18)27-12-22(23)6-3-7-22/h4-5,8-10H,3,6-7,11-12H2,1-2H3,(H,26,29)(H2,24,25,27,28). The molecule has 0 saturated heterocycles. The van der Waals surface area contributed by atoms with E-state index in [1.807, 2.05) is 18.3 Å². The lowest BCUT2D eigenvalue weighted by atomic mass is 9.78. The Morgan fingerprint density at radius 1 is 1.24 bits per heavy atom. The smallest absolute Gasteiger partial charge is 0.251 e. The molecule has 3 aromatic rings. The van der Waals surface area contributed by atoms with Crippen LogP contribution in [0.1, 0.15) is 49.0 Å². The van der Waals surface area contributed by atoms with E-state index in [4.69, 9.17) is 0 Å². The molecule has 29 heavy (non-hydrogen) atoms. The molecule has 1 aromatic carbocycles. The molecular weight excluding hydrogens is 369 g/mol. The first-order chi connectivity index (χ1) is 13.8. The molecule has 3 N–H and O–H groups in total. The zero-order valence-electron chi connectivity index (χ0n) is 16.6. The van der Waals surface area contributed by atoms with E-state index in [1.165, 1.54) is 0 Å². The molecule has 0 radical (unpaired) electrons. The molecule has 0 bridgehead atoms. The van der Waals surface area contributed by atoms with Gasteiger partial charge in [0.15, 0.2) is 0 Å². The van der Waals surface area contributed by atoms with E-state index in [0.717, 1.165) is 34.1 Å². The summed E-state index contributed by atoms with van der Waals surface area (Å²) in [7, 11) is 0. The number of H-pyrrole nitrogens is 1. The summed E-state index contributed by atoms with van der Waals surface area (Å²) in [5, 5.41) is 6.87. The number of hydrogen-bond acceptors (Lipinski definition) is 4. The van der Waals surface area contributed by atoms with Gasteiger partial charge in [0.2, 0.25) is 5.95 Å². The number of nitrogens with zero attached hydrogens (tertiary/aromatic N) is 2. The maximum absolute atomic E-state index is 14.2. The number of benzene rings is 1. The maximum Gasteiger partial charge on any atom is 0.251 e. The Morgan fingerprint density at radius 2 is 2.07 bits per heavy atom. The summed E-state index contributed by atoms with van der Waals surface area (Å²) >= 11 is 0. The third-order valence-electron chi connectivity index (χ3n) is 6.24. The Labute approximate surface area is 168 Å². The van der Waals surface area contributed by atoms with Crippen molar-refractivity contribution >= 4 is 22.9 Å². The molecule has 1 amide bonds. The number of carbonyl (C=O) groups excluding carboxylic acids is 1. The summed E-state index contributed by atoms with van der Waals surface area (Å²) in [5.74, 6) is 0.402. The molecule has 3 heterocycles. The average molecular weight is 393 g/mol. The monoisotopic (exact) mass is 393 g/mol. The average Bonchev–Trinajstić information content (AvgIpc) is 3.11. The van der Waals surface area contributed by atoms with Gasteiger partial charge in [-0.25, -0.2) is 9.37 Å². The van der Waals surface area contributed by atoms with Crippen LogP contribution in [0.3, 0.4) is 0 Å². The lowest BCUT2D eigenvalue weighted by Crippen LogP contribution is -2.43. The molecule has 5 rings (SSSR count). The summed E-state index contributed by atoms with van der Waals surface area (Å²) in [5.41, 5.74) is 3.21. The van der Waals surface area contributed by atoms with Crippen LogP contribution in [0.15, 0.2) is 30.6 Å². The van der Waals surface area contributed by atoms with Crippen LogP contribution in [-0.2, 0) is 5.41 Å². The van der Waals surface area contributed by atoms with E-state index in [9.17, 15) is 9.18 Å². The van der Waals surface area contributed by atoms with Crippen LogP contribution in [0.25, 0.3) is 22.2 Å². The second-order valence-corrected chi connectivity index (χ2v) is 8.84. The van der Waals surface area contributed by atoms with E-state index >= 15 is 0 Å². The topological polar surface area (TPSA) is 82.7 Å². The van der Waals surface area contributed by atoms with Crippen LogP contribution in [-0.4, -0.2) is 39.6 Å². The highest BCUT2D eigenvalue weighted by atomic mass is 19.1. The molecule has 2 aromatic heterocycles. The van der Waals surface area contributed by atoms with Crippen molar-refractivity contribution in [2.75, 3.05) is 18.4 Å². The van der Waals surface area contributed by atoms with Gasteiger partial charge in [0.1, 0.15) is 11.3 Å². The highest BCUT2D eigenvalue weighted by Gasteiger charge is 2.37. The van der Waals surface area contributed by atoms with Gasteiger partial charge in [-0.3, -0.25) is 4.79 Å². The minimum atomic E-state index is -1.12. The molecule has 6 nitrogen and oxygen atoms in total. The number of carbonyl (C=O) groups is 1. The molecule has 2 aliphatic rings. The molecule has 0 unspecified atom stereocenters. The highest BCUT2D eigenvalue weighted by molar-refractivity contribution is 5.99. The molecule has 1 fully saturated rings. The Balaban J connectivity index is 1.47. The highest BCUT2D eigenvalue weighted by Crippen LogP contribution is 2.37. The van der Waals surface area contributed by atoms with E-state index in [0.29, 0.717) is 31.0 Å². The first-order valence-corrected chi connectivity index (χ1v) is 10.0. The van der Waals surface area contributed by atoms with E-state index in [1.54, 1.807) is 6.20 Å². The van der Waals surface area contributed by atoms with Crippen LogP contribution < -0.4 is 10.6 Å². The summed E-state index contributed by atoms with van der Waals surface area (Å²) in [6.07, 6.45) is 5.81. The van der Waals surface area contributed by atoms with Gasteiger partial charge in [0, 0.05) is 40.9 Å². The van der Waals surface area contributed by atoms with Crippen molar-refractivity contribution in [1.29, 1.82) is 0 Å². The lowest BCUT2D eigenvalue weighted by molar-refractivity contribution is 0.0782. The maximum atomic E-state index is 14.2. The van der Waals surface area contributed by atoms with Crippen LogP contribution in [0.2, 0.25) is 0 Å². The van der Waals surface area contributed by atoms with Gasteiger partial charge in [0.05, 0.1) is 6.54 Å². The summed E-state index contributed by atoms with van der Waals surface area (Å²) in [6, 6.07) is 5.93. The number of anilines is 1. The van der Waals surface area contributed by atoms with Gasteiger partial charge in [-0.1, -0.05) is 19.9 Å². The van der Waals surface area contributed by atoms with E-state index in [2.05, 4.69) is 45.5 Å². The van der Waals surface area contributed by atoms with Crippen LogP contribution in [0, 0.1) is 0 Å². The van der Waals surface area contributed by atoms with Gasteiger partial charge < -0.3 is 15.6 Å². The number of halogens is 1. The normalized spacial score (nSPS) is 19.3. The first-order valence-electron chi connectivity index (χ1n) is 10.0. The third-order valence-corrected chi connectivity index (χ3v) is 6.24. The van der Waals surface area contributed by atoms with Gasteiger partial charge in [0.25, 0.3) is 5.91 Å². The van der Waals surface area contributed by atoms with Crippen LogP contribution >= 0.6 is 0 Å². The zero-order valence-corrected chi connectivity index (χ0v) is 16.6. The van der Waals surface area contributed by atoms with Crippen molar-refractivity contribution in [3.8, 4) is 11.1 Å². The number of alkyl halides is 1. The largest absolute Gasteiger partial charge is 0.351 e. The number of hydrogen-bond donors (Lipinski definition) is 3. The van der Waals surface area contributed by atoms with Gasteiger partial charge in [-0.15, -0.1) is 0 Å². The Morgan fingerprint density at radius 3 is 2.83 bits per heavy atom. The summed E-state index contributed by atoms with van der Waals surface area (Å²) < 4.78 is 14.2. The molecule has 7 heteroatoms. The van der Waals surface area contributed by atoms with Crippen molar-refractivity contribution in [1.82, 2.24) is 20.3 Å². The number of nitrogens with one attached hydrogen (secondary N) is 3. The second-order valence-electron chi connectivity index (χ2n) is 8.84. The molecule has 1 aliphatic carbocycles. The van der Waals surface area contributed by atoms with E-state index in [-0.39, 0.29) is 17.9 Å². The van der Waals surface area contributed by atoms with E-state index < -0.39 is 5.67 Å². The SMILES string of the molecule is CC1(C)CNC(=O)c2ccc(-c3c[nH]c4nc(NCC5(F)CCC5)ncc34)cc21. The molecule has 1 saturated carbocycles. The number of aromatic amines is 1. The number of aromatic nitrogens is 3. The van der Waals surface area contributed by atoms with Crippen molar-refractivity contribution in [3.05, 3.63) is 41.7 Å². The summed E-state index contributed by atoms with van der Waals surface area (Å²) in [4.78, 5) is 24.3. The van der Waals surface area contributed by atoms with Crippen LogP contribution in [0.5, 0.6) is 0 Å². The zero-order chi connectivity index (χ0) is 20.2.